The number of carbonyl (C=O) groups excluding carboxylic acids is 4. The SMILES string of the molecule is C=C(C)C(=O)OCCC(CCCOC(N)=O)(CCOC(=O)C(=C)C)OC(N)=O. The summed E-state index contributed by atoms with van der Waals surface area (Å²) >= 11 is 0. The van der Waals surface area contributed by atoms with Crippen LogP contribution < -0.4 is 11.5 Å². The summed E-state index contributed by atoms with van der Waals surface area (Å²) < 4.78 is 20.0. The highest BCUT2D eigenvalue weighted by Crippen LogP contribution is 2.28. The molecule has 0 saturated carbocycles. The number of hydrogen-bond acceptors (Lipinski definition) is 8. The second-order valence-electron chi connectivity index (χ2n) is 6.21. The molecule has 0 aliphatic rings. The molecule has 0 aromatic carbocycles. The zero-order chi connectivity index (χ0) is 21.7. The summed E-state index contributed by atoms with van der Waals surface area (Å²) in [6, 6.07) is 0. The maximum atomic E-state index is 11.6. The lowest BCUT2D eigenvalue weighted by Crippen LogP contribution is -2.40. The van der Waals surface area contributed by atoms with Crippen molar-refractivity contribution in [3.05, 3.63) is 24.3 Å². The number of ether oxygens (including phenoxy) is 4. The van der Waals surface area contributed by atoms with Gasteiger partial charge in [-0.1, -0.05) is 13.2 Å². The Morgan fingerprint density at radius 3 is 1.57 bits per heavy atom. The molecule has 10 heteroatoms. The predicted octanol–water partition coefficient (Wildman–Crippen LogP) is 1.71. The van der Waals surface area contributed by atoms with E-state index in [1.165, 1.54) is 13.8 Å². The lowest BCUT2D eigenvalue weighted by molar-refractivity contribution is -0.142. The Morgan fingerprint density at radius 1 is 0.750 bits per heavy atom. The summed E-state index contributed by atoms with van der Waals surface area (Å²) in [6.07, 6.45) is -1.36. The molecule has 0 bridgehead atoms. The fourth-order valence-corrected chi connectivity index (χ4v) is 2.21. The van der Waals surface area contributed by atoms with Crippen LogP contribution in [0.2, 0.25) is 0 Å². The first-order chi connectivity index (χ1) is 13.0. The second-order valence-corrected chi connectivity index (χ2v) is 6.21. The quantitative estimate of drug-likeness (QED) is 0.205. The molecule has 0 aliphatic heterocycles. The Labute approximate surface area is 163 Å². The fraction of sp³-hybridized carbons (Fsp3) is 0.556. The molecule has 28 heavy (non-hydrogen) atoms. The fourth-order valence-electron chi connectivity index (χ4n) is 2.21. The molecule has 2 amide bonds. The van der Waals surface area contributed by atoms with E-state index in [2.05, 4.69) is 17.9 Å². The van der Waals surface area contributed by atoms with Crippen molar-refractivity contribution < 1.29 is 38.1 Å². The van der Waals surface area contributed by atoms with E-state index in [1.807, 2.05) is 0 Å². The van der Waals surface area contributed by atoms with Gasteiger partial charge in [-0.2, -0.15) is 0 Å². The van der Waals surface area contributed by atoms with E-state index in [4.69, 9.17) is 25.7 Å². The molecule has 10 nitrogen and oxygen atoms in total. The minimum Gasteiger partial charge on any atom is -0.462 e. The monoisotopic (exact) mass is 400 g/mol. The highest BCUT2D eigenvalue weighted by molar-refractivity contribution is 5.87. The summed E-state index contributed by atoms with van der Waals surface area (Å²) in [6.45, 7) is 9.73. The average molecular weight is 400 g/mol. The van der Waals surface area contributed by atoms with Crippen LogP contribution in [-0.2, 0) is 28.5 Å². The first-order valence-corrected chi connectivity index (χ1v) is 8.55. The van der Waals surface area contributed by atoms with Crippen LogP contribution in [0.3, 0.4) is 0 Å². The van der Waals surface area contributed by atoms with Gasteiger partial charge in [-0.05, 0) is 26.7 Å². The molecular weight excluding hydrogens is 372 g/mol. The third-order valence-corrected chi connectivity index (χ3v) is 3.62. The van der Waals surface area contributed by atoms with E-state index < -0.39 is 29.7 Å². The number of primary amides is 2. The van der Waals surface area contributed by atoms with Crippen LogP contribution in [0.25, 0.3) is 0 Å². The van der Waals surface area contributed by atoms with Crippen molar-refractivity contribution in [2.45, 2.75) is 45.1 Å². The summed E-state index contributed by atoms with van der Waals surface area (Å²) in [5.41, 5.74) is 9.31. The van der Waals surface area contributed by atoms with Crippen molar-refractivity contribution in [3.63, 3.8) is 0 Å². The van der Waals surface area contributed by atoms with Crippen LogP contribution in [0, 0.1) is 0 Å². The first kappa shape index (κ1) is 25.0. The minimum absolute atomic E-state index is 0.0175. The van der Waals surface area contributed by atoms with Crippen LogP contribution in [0.15, 0.2) is 24.3 Å². The summed E-state index contributed by atoms with van der Waals surface area (Å²) in [4.78, 5) is 45.2. The Hall–Kier alpha value is -3.04. The van der Waals surface area contributed by atoms with Gasteiger partial charge in [0.05, 0.1) is 19.8 Å². The zero-order valence-electron chi connectivity index (χ0n) is 16.3. The molecule has 0 atom stereocenters. The second kappa shape index (κ2) is 12.4. The number of nitrogens with two attached hydrogens (primary N) is 2. The van der Waals surface area contributed by atoms with Gasteiger partial charge < -0.3 is 30.4 Å². The van der Waals surface area contributed by atoms with Crippen LogP contribution in [-0.4, -0.2) is 49.5 Å². The van der Waals surface area contributed by atoms with Gasteiger partial charge >= 0.3 is 24.1 Å². The largest absolute Gasteiger partial charge is 0.462 e. The predicted molar refractivity (Wildman–Crippen MR) is 98.9 cm³/mol. The minimum atomic E-state index is -1.21. The summed E-state index contributed by atoms with van der Waals surface area (Å²) in [5.74, 6) is -1.20. The van der Waals surface area contributed by atoms with Crippen molar-refractivity contribution in [1.29, 1.82) is 0 Å². The Morgan fingerprint density at radius 2 is 1.21 bits per heavy atom. The first-order valence-electron chi connectivity index (χ1n) is 8.55. The van der Waals surface area contributed by atoms with Gasteiger partial charge in [-0.3, -0.25) is 0 Å². The maximum Gasteiger partial charge on any atom is 0.405 e. The smallest absolute Gasteiger partial charge is 0.405 e. The number of amides is 2. The van der Waals surface area contributed by atoms with E-state index in [1.54, 1.807) is 0 Å². The normalized spacial score (nSPS) is 10.5. The summed E-state index contributed by atoms with van der Waals surface area (Å²) in [5, 5.41) is 0. The number of hydrogen-bond donors (Lipinski definition) is 2. The molecule has 0 aromatic heterocycles. The van der Waals surface area contributed by atoms with Crippen molar-refractivity contribution in [2.24, 2.45) is 11.5 Å². The molecule has 0 heterocycles. The third-order valence-electron chi connectivity index (χ3n) is 3.62. The molecule has 0 saturated heterocycles. The number of esters is 2. The molecule has 0 radical (unpaired) electrons. The number of rotatable bonds is 13. The average Bonchev–Trinajstić information content (AvgIpc) is 2.57. The van der Waals surface area contributed by atoms with Gasteiger partial charge in [0, 0.05) is 24.0 Å². The van der Waals surface area contributed by atoms with Gasteiger partial charge in [0.15, 0.2) is 0 Å². The van der Waals surface area contributed by atoms with E-state index in [0.29, 0.717) is 0 Å². The van der Waals surface area contributed by atoms with Gasteiger partial charge in [-0.25, -0.2) is 19.2 Å². The Kier molecular flexibility index (Phi) is 11.0. The topological polar surface area (TPSA) is 157 Å². The third kappa shape index (κ3) is 10.8. The van der Waals surface area contributed by atoms with Crippen molar-refractivity contribution >= 4 is 24.1 Å². The molecule has 0 unspecified atom stereocenters. The molecule has 0 aromatic rings. The van der Waals surface area contributed by atoms with Crippen LogP contribution in [0.5, 0.6) is 0 Å². The lowest BCUT2D eigenvalue weighted by atomic mass is 9.90. The molecular formula is C18H28N2O8. The van der Waals surface area contributed by atoms with E-state index in [9.17, 15) is 19.2 Å². The van der Waals surface area contributed by atoms with Gasteiger partial charge in [0.25, 0.3) is 0 Å². The lowest BCUT2D eigenvalue weighted by Gasteiger charge is -2.32. The van der Waals surface area contributed by atoms with Gasteiger partial charge in [0.1, 0.15) is 5.60 Å². The van der Waals surface area contributed by atoms with Crippen LogP contribution in [0.4, 0.5) is 9.59 Å². The van der Waals surface area contributed by atoms with E-state index in [-0.39, 0.29) is 56.7 Å². The molecule has 0 aliphatic carbocycles. The van der Waals surface area contributed by atoms with Crippen LogP contribution >= 0.6 is 0 Å². The van der Waals surface area contributed by atoms with Crippen molar-refractivity contribution in [1.82, 2.24) is 0 Å². The van der Waals surface area contributed by atoms with Crippen molar-refractivity contribution in [2.75, 3.05) is 19.8 Å². The van der Waals surface area contributed by atoms with E-state index >= 15 is 0 Å². The highest BCUT2D eigenvalue weighted by atomic mass is 16.6. The zero-order valence-corrected chi connectivity index (χ0v) is 16.3. The van der Waals surface area contributed by atoms with Crippen LogP contribution in [0.1, 0.15) is 39.5 Å². The highest BCUT2D eigenvalue weighted by Gasteiger charge is 2.34. The molecule has 0 spiro atoms. The van der Waals surface area contributed by atoms with Gasteiger partial charge in [-0.15, -0.1) is 0 Å². The molecule has 4 N–H and O–H groups in total. The van der Waals surface area contributed by atoms with Gasteiger partial charge in [0.2, 0.25) is 0 Å². The molecule has 0 fully saturated rings. The van der Waals surface area contributed by atoms with Crippen molar-refractivity contribution in [3.8, 4) is 0 Å². The Bertz CT molecular complexity index is 583. The maximum absolute atomic E-state index is 11.6. The van der Waals surface area contributed by atoms with E-state index in [0.717, 1.165) is 0 Å². The number of carbonyl (C=O) groups is 4. The Balaban J connectivity index is 5.11. The molecule has 158 valence electrons. The standard InChI is InChI=1S/C18H28N2O8/c1-12(2)14(21)25-10-7-18(28-17(20)24,6-5-9-27-16(19)23)8-11-26-15(22)13(3)4/h1,3,5-11H2,2,4H3,(H2,19,23)(H2,20,24). The molecule has 0 rings (SSSR count). The summed E-state index contributed by atoms with van der Waals surface area (Å²) in [7, 11) is 0.